The molecule has 0 spiro atoms. The third kappa shape index (κ3) is 2.58. The maximum atomic E-state index is 13.2. The molecule has 0 bridgehead atoms. The van der Waals surface area contributed by atoms with E-state index >= 15 is 0 Å². The van der Waals surface area contributed by atoms with E-state index in [2.05, 4.69) is 11.2 Å². The smallest absolute Gasteiger partial charge is 0.340 e. The topological polar surface area (TPSA) is 66.4 Å². The molecular weight excluding hydrogens is 213 g/mol. The number of anilines is 1. The highest BCUT2D eigenvalue weighted by molar-refractivity contribution is 6.01. The third-order valence-corrected chi connectivity index (χ3v) is 1.76. The molecule has 0 atom stereocenters. The van der Waals surface area contributed by atoms with E-state index in [1.54, 1.807) is 0 Å². The second-order valence-electron chi connectivity index (χ2n) is 2.90. The zero-order valence-electron chi connectivity index (χ0n) is 8.16. The third-order valence-electron chi connectivity index (χ3n) is 1.76. The van der Waals surface area contributed by atoms with E-state index in [0.29, 0.717) is 0 Å². The van der Waals surface area contributed by atoms with Crippen LogP contribution in [0, 0.1) is 18.2 Å². The first-order chi connectivity index (χ1) is 7.56. The molecule has 0 aromatic heterocycles. The summed E-state index contributed by atoms with van der Waals surface area (Å²) in [4.78, 5) is 21.9. The van der Waals surface area contributed by atoms with Gasteiger partial charge in [0.05, 0.1) is 12.1 Å². The number of carbonyl (C=O) groups excluding carboxylic acids is 1. The number of carboxylic acid groups (broad SMARTS) is 1. The Labute approximate surface area is 91.1 Å². The number of hydrogen-bond acceptors (Lipinski definition) is 2. The van der Waals surface area contributed by atoms with Gasteiger partial charge in [0.25, 0.3) is 0 Å². The Kier molecular flexibility index (Phi) is 3.62. The standard InChI is InChI=1S/C11H8FNO3/c1-2-4-9(14)13-8-6-3-5-7(12)10(8)11(15)16/h1,3,5-6H,4H2,(H,13,14)(H,15,16). The number of hydrogen-bond donors (Lipinski definition) is 2. The molecular formula is C11H8FNO3. The van der Waals surface area contributed by atoms with Crippen LogP contribution in [0.4, 0.5) is 10.1 Å². The average molecular weight is 221 g/mol. The Morgan fingerprint density at radius 1 is 1.50 bits per heavy atom. The summed E-state index contributed by atoms with van der Waals surface area (Å²) in [6, 6.07) is 3.59. The number of halogens is 1. The van der Waals surface area contributed by atoms with Crippen LogP contribution in [0.25, 0.3) is 0 Å². The van der Waals surface area contributed by atoms with Crippen molar-refractivity contribution < 1.29 is 19.1 Å². The summed E-state index contributed by atoms with van der Waals surface area (Å²) < 4.78 is 13.2. The summed E-state index contributed by atoms with van der Waals surface area (Å²) in [5.74, 6) is -0.823. The molecule has 1 rings (SSSR count). The molecule has 0 unspecified atom stereocenters. The summed E-state index contributed by atoms with van der Waals surface area (Å²) in [7, 11) is 0. The van der Waals surface area contributed by atoms with Gasteiger partial charge < -0.3 is 10.4 Å². The molecule has 0 aliphatic carbocycles. The van der Waals surface area contributed by atoms with Gasteiger partial charge in [0.2, 0.25) is 5.91 Å². The number of rotatable bonds is 3. The van der Waals surface area contributed by atoms with E-state index < -0.39 is 23.3 Å². The van der Waals surface area contributed by atoms with Gasteiger partial charge >= 0.3 is 5.97 Å². The molecule has 1 aromatic carbocycles. The van der Waals surface area contributed by atoms with E-state index in [1.165, 1.54) is 12.1 Å². The largest absolute Gasteiger partial charge is 0.478 e. The van der Waals surface area contributed by atoms with E-state index in [1.807, 2.05) is 0 Å². The van der Waals surface area contributed by atoms with Gasteiger partial charge in [0.1, 0.15) is 11.4 Å². The highest BCUT2D eigenvalue weighted by Gasteiger charge is 2.16. The lowest BCUT2D eigenvalue weighted by Gasteiger charge is -2.07. The first kappa shape index (κ1) is 11.7. The number of nitrogens with one attached hydrogen (secondary N) is 1. The van der Waals surface area contributed by atoms with Crippen molar-refractivity contribution in [1.29, 1.82) is 0 Å². The van der Waals surface area contributed by atoms with Crippen LogP contribution in [-0.4, -0.2) is 17.0 Å². The number of benzene rings is 1. The van der Waals surface area contributed by atoms with Crippen molar-refractivity contribution in [3.8, 4) is 12.3 Å². The molecule has 0 fully saturated rings. The quantitative estimate of drug-likeness (QED) is 0.760. The van der Waals surface area contributed by atoms with E-state index in [4.69, 9.17) is 11.5 Å². The molecule has 0 radical (unpaired) electrons. The predicted molar refractivity (Wildman–Crippen MR) is 55.4 cm³/mol. The Morgan fingerprint density at radius 2 is 2.19 bits per heavy atom. The molecule has 5 heteroatoms. The number of aromatic carboxylic acids is 1. The number of carboxylic acids is 1. The van der Waals surface area contributed by atoms with Gasteiger partial charge in [-0.3, -0.25) is 4.79 Å². The minimum atomic E-state index is -1.45. The second kappa shape index (κ2) is 4.94. The van der Waals surface area contributed by atoms with Crippen LogP contribution in [0.3, 0.4) is 0 Å². The molecule has 0 aliphatic rings. The SMILES string of the molecule is C#CCC(=O)Nc1cccc(F)c1C(=O)O. The maximum Gasteiger partial charge on any atom is 0.340 e. The fourth-order valence-corrected chi connectivity index (χ4v) is 1.13. The lowest BCUT2D eigenvalue weighted by Crippen LogP contribution is -2.14. The summed E-state index contributed by atoms with van der Waals surface area (Å²) in [6.45, 7) is 0. The van der Waals surface area contributed by atoms with Crippen molar-refractivity contribution in [1.82, 2.24) is 0 Å². The summed E-state index contributed by atoms with van der Waals surface area (Å²) in [5, 5.41) is 11.0. The van der Waals surface area contributed by atoms with Gasteiger partial charge in [0, 0.05) is 0 Å². The van der Waals surface area contributed by atoms with Crippen molar-refractivity contribution in [3.63, 3.8) is 0 Å². The molecule has 0 saturated heterocycles. The minimum Gasteiger partial charge on any atom is -0.478 e. The highest BCUT2D eigenvalue weighted by Crippen LogP contribution is 2.18. The van der Waals surface area contributed by atoms with Gasteiger partial charge in [-0.1, -0.05) is 12.0 Å². The van der Waals surface area contributed by atoms with Gasteiger partial charge in [-0.25, -0.2) is 9.18 Å². The number of terminal acetylenes is 1. The van der Waals surface area contributed by atoms with Crippen LogP contribution in [0.1, 0.15) is 16.8 Å². The van der Waals surface area contributed by atoms with Gasteiger partial charge in [0.15, 0.2) is 0 Å². The van der Waals surface area contributed by atoms with Gasteiger partial charge in [-0.15, -0.1) is 6.42 Å². The van der Waals surface area contributed by atoms with Crippen LogP contribution >= 0.6 is 0 Å². The molecule has 0 heterocycles. The Balaban J connectivity index is 3.05. The molecule has 1 aromatic rings. The number of carbonyl (C=O) groups is 2. The van der Waals surface area contributed by atoms with Crippen molar-refractivity contribution in [2.75, 3.05) is 5.32 Å². The lowest BCUT2D eigenvalue weighted by atomic mass is 10.1. The molecule has 0 saturated carbocycles. The number of amides is 1. The summed E-state index contributed by atoms with van der Waals surface area (Å²) in [5.41, 5.74) is -0.680. The first-order valence-corrected chi connectivity index (χ1v) is 4.31. The first-order valence-electron chi connectivity index (χ1n) is 4.31. The Morgan fingerprint density at radius 3 is 2.75 bits per heavy atom. The fraction of sp³-hybridized carbons (Fsp3) is 0.0909. The molecule has 0 aliphatic heterocycles. The monoisotopic (exact) mass is 221 g/mol. The van der Waals surface area contributed by atoms with Crippen molar-refractivity contribution in [2.24, 2.45) is 0 Å². The van der Waals surface area contributed by atoms with Gasteiger partial charge in [-0.05, 0) is 12.1 Å². The molecule has 4 nitrogen and oxygen atoms in total. The van der Waals surface area contributed by atoms with Crippen LogP contribution in [0.15, 0.2) is 18.2 Å². The average Bonchev–Trinajstić information content (AvgIpc) is 2.17. The normalized spacial score (nSPS) is 9.25. The molecule has 2 N–H and O–H groups in total. The minimum absolute atomic E-state index is 0.104. The fourth-order valence-electron chi connectivity index (χ4n) is 1.13. The second-order valence-corrected chi connectivity index (χ2v) is 2.90. The zero-order valence-corrected chi connectivity index (χ0v) is 8.16. The highest BCUT2D eigenvalue weighted by atomic mass is 19.1. The van der Waals surface area contributed by atoms with Crippen LogP contribution in [0.2, 0.25) is 0 Å². The van der Waals surface area contributed by atoms with Crippen LogP contribution in [-0.2, 0) is 4.79 Å². The zero-order chi connectivity index (χ0) is 12.1. The maximum absolute atomic E-state index is 13.2. The molecule has 1 amide bonds. The van der Waals surface area contributed by atoms with E-state index in [0.717, 1.165) is 6.07 Å². The lowest BCUT2D eigenvalue weighted by molar-refractivity contribution is -0.115. The summed E-state index contributed by atoms with van der Waals surface area (Å²) in [6.07, 6.45) is 4.71. The predicted octanol–water partition coefficient (Wildman–Crippen LogP) is 1.49. The van der Waals surface area contributed by atoms with Gasteiger partial charge in [-0.2, -0.15) is 0 Å². The van der Waals surface area contributed by atoms with Crippen molar-refractivity contribution in [3.05, 3.63) is 29.6 Å². The Bertz CT molecular complexity index is 477. The Hall–Kier alpha value is -2.35. The van der Waals surface area contributed by atoms with E-state index in [-0.39, 0.29) is 12.1 Å². The van der Waals surface area contributed by atoms with Crippen molar-refractivity contribution in [2.45, 2.75) is 6.42 Å². The van der Waals surface area contributed by atoms with Crippen LogP contribution in [0.5, 0.6) is 0 Å². The van der Waals surface area contributed by atoms with Crippen LogP contribution < -0.4 is 5.32 Å². The summed E-state index contributed by atoms with van der Waals surface area (Å²) >= 11 is 0. The van der Waals surface area contributed by atoms with E-state index in [9.17, 15) is 14.0 Å². The molecule has 16 heavy (non-hydrogen) atoms. The molecule has 82 valence electrons. The van der Waals surface area contributed by atoms with Crippen molar-refractivity contribution >= 4 is 17.6 Å².